The van der Waals surface area contributed by atoms with E-state index in [-0.39, 0.29) is 12.6 Å². The van der Waals surface area contributed by atoms with E-state index in [4.69, 9.17) is 10.5 Å². The molecule has 1 aromatic rings. The molecule has 0 spiro atoms. The third-order valence-corrected chi connectivity index (χ3v) is 3.63. The number of halogens is 3. The summed E-state index contributed by atoms with van der Waals surface area (Å²) in [5, 5.41) is 0. The average Bonchev–Trinajstić information content (AvgIpc) is 2.46. The minimum Gasteiger partial charge on any atom is -0.462 e. The molecule has 2 rings (SSSR count). The quantitative estimate of drug-likeness (QED) is 0.871. The lowest BCUT2D eigenvalue weighted by molar-refractivity contribution is -0.138. The molecule has 1 fully saturated rings. The van der Waals surface area contributed by atoms with Gasteiger partial charge < -0.3 is 15.4 Å². The van der Waals surface area contributed by atoms with Crippen LogP contribution in [0.4, 0.5) is 18.9 Å². The molecule has 22 heavy (non-hydrogen) atoms. The zero-order chi connectivity index (χ0) is 16.3. The number of carbonyl (C=O) groups excluding carboxylic acids is 1. The number of esters is 1. The van der Waals surface area contributed by atoms with E-state index in [0.717, 1.165) is 18.9 Å². The first-order valence-corrected chi connectivity index (χ1v) is 7.21. The number of benzene rings is 1. The van der Waals surface area contributed by atoms with E-state index in [1.807, 2.05) is 4.90 Å². The first-order valence-electron chi connectivity index (χ1n) is 7.21. The van der Waals surface area contributed by atoms with Crippen LogP contribution in [0.15, 0.2) is 18.2 Å². The minimum absolute atomic E-state index is 0.0266. The maximum Gasteiger partial charge on any atom is 0.417 e. The number of anilines is 1. The lowest BCUT2D eigenvalue weighted by atomic mass is 10.0. The van der Waals surface area contributed by atoms with Crippen molar-refractivity contribution >= 4 is 11.7 Å². The Morgan fingerprint density at radius 3 is 2.77 bits per heavy atom. The molecular weight excluding hydrogens is 297 g/mol. The molecule has 0 unspecified atom stereocenters. The van der Waals surface area contributed by atoms with E-state index < -0.39 is 23.3 Å². The fraction of sp³-hybridized carbons (Fsp3) is 0.533. The first kappa shape index (κ1) is 16.6. The van der Waals surface area contributed by atoms with Crippen LogP contribution < -0.4 is 10.6 Å². The summed E-state index contributed by atoms with van der Waals surface area (Å²) in [6, 6.07) is 3.65. The molecule has 0 amide bonds. The van der Waals surface area contributed by atoms with Crippen molar-refractivity contribution in [2.24, 2.45) is 5.73 Å². The van der Waals surface area contributed by atoms with Crippen molar-refractivity contribution in [3.63, 3.8) is 0 Å². The van der Waals surface area contributed by atoms with Crippen LogP contribution in [0.25, 0.3) is 0 Å². The third kappa shape index (κ3) is 3.71. The van der Waals surface area contributed by atoms with E-state index in [9.17, 15) is 18.0 Å². The van der Waals surface area contributed by atoms with Crippen molar-refractivity contribution in [3.8, 4) is 0 Å². The van der Waals surface area contributed by atoms with Crippen molar-refractivity contribution in [1.82, 2.24) is 0 Å². The van der Waals surface area contributed by atoms with Gasteiger partial charge in [-0.2, -0.15) is 13.2 Å². The topological polar surface area (TPSA) is 55.6 Å². The number of carbonyl (C=O) groups is 1. The van der Waals surface area contributed by atoms with Gasteiger partial charge in [0.15, 0.2) is 0 Å². The highest BCUT2D eigenvalue weighted by Gasteiger charge is 2.36. The van der Waals surface area contributed by atoms with Crippen LogP contribution in [-0.2, 0) is 10.9 Å². The molecule has 4 nitrogen and oxygen atoms in total. The maximum atomic E-state index is 13.2. The highest BCUT2D eigenvalue weighted by atomic mass is 19.4. The molecule has 0 aliphatic carbocycles. The van der Waals surface area contributed by atoms with Crippen molar-refractivity contribution in [1.29, 1.82) is 0 Å². The summed E-state index contributed by atoms with van der Waals surface area (Å²) in [4.78, 5) is 13.5. The van der Waals surface area contributed by atoms with E-state index in [1.165, 1.54) is 12.1 Å². The molecule has 1 aliphatic rings. The molecule has 1 aromatic carbocycles. The van der Waals surface area contributed by atoms with Gasteiger partial charge in [-0.1, -0.05) is 0 Å². The molecule has 1 heterocycles. The summed E-state index contributed by atoms with van der Waals surface area (Å²) in [7, 11) is 0. The van der Waals surface area contributed by atoms with Crippen molar-refractivity contribution in [2.45, 2.75) is 32.0 Å². The van der Waals surface area contributed by atoms with Gasteiger partial charge in [-0.25, -0.2) is 4.79 Å². The second-order valence-corrected chi connectivity index (χ2v) is 5.30. The Morgan fingerprint density at radius 1 is 1.45 bits per heavy atom. The number of alkyl halides is 3. The monoisotopic (exact) mass is 316 g/mol. The number of hydrogen-bond donors (Lipinski definition) is 1. The van der Waals surface area contributed by atoms with Gasteiger partial charge in [0.1, 0.15) is 0 Å². The van der Waals surface area contributed by atoms with Crippen molar-refractivity contribution < 1.29 is 22.7 Å². The fourth-order valence-corrected chi connectivity index (χ4v) is 2.59. The van der Waals surface area contributed by atoms with Gasteiger partial charge in [-0.15, -0.1) is 0 Å². The lowest BCUT2D eigenvalue weighted by Crippen LogP contribution is -2.42. The average molecular weight is 316 g/mol. The predicted octanol–water partition coefficient (Wildman–Crippen LogP) is 2.81. The first-order chi connectivity index (χ1) is 10.3. The molecule has 2 N–H and O–H groups in total. The number of ether oxygens (including phenoxy) is 1. The molecular formula is C15H19F3N2O2. The predicted molar refractivity (Wildman–Crippen MR) is 76.8 cm³/mol. The van der Waals surface area contributed by atoms with Gasteiger partial charge >= 0.3 is 12.1 Å². The highest BCUT2D eigenvalue weighted by molar-refractivity contribution is 5.92. The minimum atomic E-state index is -4.62. The largest absolute Gasteiger partial charge is 0.462 e. The Hall–Kier alpha value is -1.76. The second-order valence-electron chi connectivity index (χ2n) is 5.30. The summed E-state index contributed by atoms with van der Waals surface area (Å²) in [5.41, 5.74) is 4.86. The van der Waals surface area contributed by atoms with Gasteiger partial charge in [0, 0.05) is 24.8 Å². The van der Waals surface area contributed by atoms with E-state index in [2.05, 4.69) is 0 Å². The van der Waals surface area contributed by atoms with Gasteiger partial charge in [0.25, 0.3) is 0 Å². The normalized spacial score (nSPS) is 19.1. The summed E-state index contributed by atoms with van der Waals surface area (Å²) in [6.07, 6.45) is -2.91. The van der Waals surface area contributed by atoms with E-state index in [1.54, 1.807) is 6.92 Å². The van der Waals surface area contributed by atoms with Crippen LogP contribution in [0.1, 0.15) is 35.7 Å². The van der Waals surface area contributed by atoms with Crippen LogP contribution in [0, 0.1) is 0 Å². The van der Waals surface area contributed by atoms with E-state index >= 15 is 0 Å². The van der Waals surface area contributed by atoms with E-state index in [0.29, 0.717) is 18.8 Å². The van der Waals surface area contributed by atoms with Crippen LogP contribution in [0.3, 0.4) is 0 Å². The third-order valence-electron chi connectivity index (χ3n) is 3.63. The number of nitrogens with two attached hydrogens (primary N) is 1. The SMILES string of the molecule is CCOC(=O)c1ccc(N2CCC[C@H](N)C2)cc1C(F)(F)F. The smallest absolute Gasteiger partial charge is 0.417 e. The Labute approximate surface area is 127 Å². The molecule has 122 valence electrons. The summed E-state index contributed by atoms with van der Waals surface area (Å²) in [5.74, 6) is -0.961. The molecule has 0 aromatic heterocycles. The molecule has 1 aliphatic heterocycles. The number of nitrogens with zero attached hydrogens (tertiary/aromatic N) is 1. The Bertz CT molecular complexity index is 546. The Morgan fingerprint density at radius 2 is 2.18 bits per heavy atom. The van der Waals surface area contributed by atoms with Crippen LogP contribution in [0.2, 0.25) is 0 Å². The second kappa shape index (κ2) is 6.56. The van der Waals surface area contributed by atoms with Gasteiger partial charge in [0.05, 0.1) is 17.7 Å². The lowest BCUT2D eigenvalue weighted by Gasteiger charge is -2.33. The zero-order valence-corrected chi connectivity index (χ0v) is 12.3. The maximum absolute atomic E-state index is 13.2. The van der Waals surface area contributed by atoms with Gasteiger partial charge in [0.2, 0.25) is 0 Å². The molecule has 0 saturated carbocycles. The summed E-state index contributed by atoms with van der Waals surface area (Å²) < 4.78 is 44.4. The molecule has 0 radical (unpaired) electrons. The number of rotatable bonds is 3. The fourth-order valence-electron chi connectivity index (χ4n) is 2.59. The Kier molecular flexibility index (Phi) is 4.95. The molecule has 1 atom stereocenters. The van der Waals surface area contributed by atoms with Crippen LogP contribution >= 0.6 is 0 Å². The van der Waals surface area contributed by atoms with Crippen molar-refractivity contribution in [2.75, 3.05) is 24.6 Å². The van der Waals surface area contributed by atoms with Gasteiger partial charge in [-0.05, 0) is 38.0 Å². The molecule has 0 bridgehead atoms. The zero-order valence-electron chi connectivity index (χ0n) is 12.3. The highest BCUT2D eigenvalue weighted by Crippen LogP contribution is 2.35. The molecule has 7 heteroatoms. The summed E-state index contributed by atoms with van der Waals surface area (Å²) in [6.45, 7) is 2.74. The van der Waals surface area contributed by atoms with Crippen molar-refractivity contribution in [3.05, 3.63) is 29.3 Å². The number of hydrogen-bond acceptors (Lipinski definition) is 4. The van der Waals surface area contributed by atoms with Crippen LogP contribution in [0.5, 0.6) is 0 Å². The van der Waals surface area contributed by atoms with Crippen LogP contribution in [-0.4, -0.2) is 31.7 Å². The van der Waals surface area contributed by atoms with Gasteiger partial charge in [-0.3, -0.25) is 0 Å². The standard InChI is InChI=1S/C15H19F3N2O2/c1-2-22-14(21)12-6-5-11(8-13(12)15(16,17)18)20-7-3-4-10(19)9-20/h5-6,8,10H,2-4,7,9,19H2,1H3/t10-/m0/s1. The number of piperidine rings is 1. The molecule has 1 saturated heterocycles. The summed E-state index contributed by atoms with van der Waals surface area (Å²) >= 11 is 0. The Balaban J connectivity index is 2.37.